The largest absolute Gasteiger partial charge is 0.395 e. The van der Waals surface area contributed by atoms with Crippen LogP contribution in [0.5, 0.6) is 0 Å². The van der Waals surface area contributed by atoms with Crippen molar-refractivity contribution in [2.24, 2.45) is 0 Å². The lowest BCUT2D eigenvalue weighted by Crippen LogP contribution is -2.67. The molecule has 158 valence electrons. The highest BCUT2D eigenvalue weighted by Gasteiger charge is 2.49. The predicted molar refractivity (Wildman–Crippen MR) is 116 cm³/mol. The van der Waals surface area contributed by atoms with E-state index in [0.717, 1.165) is 36.2 Å². The second-order valence-corrected chi connectivity index (χ2v) is 9.98. The van der Waals surface area contributed by atoms with Crippen LogP contribution in [0.4, 0.5) is 0 Å². The van der Waals surface area contributed by atoms with Crippen LogP contribution in [0.3, 0.4) is 0 Å². The van der Waals surface area contributed by atoms with Gasteiger partial charge in [-0.3, -0.25) is 4.90 Å². The summed E-state index contributed by atoms with van der Waals surface area (Å²) in [5, 5.41) is 10.0. The van der Waals surface area contributed by atoms with Crippen molar-refractivity contribution in [2.45, 2.75) is 30.8 Å². The van der Waals surface area contributed by atoms with E-state index in [2.05, 4.69) is 33.9 Å². The smallest absolute Gasteiger partial charge is 0.211 e. The molecule has 0 saturated carbocycles. The van der Waals surface area contributed by atoms with E-state index in [1.54, 1.807) is 10.5 Å². The average Bonchev–Trinajstić information content (AvgIpc) is 2.72. The fourth-order valence-corrected chi connectivity index (χ4v) is 5.46. The molecule has 2 aromatic rings. The van der Waals surface area contributed by atoms with E-state index in [0.29, 0.717) is 13.1 Å². The predicted octanol–water partition coefficient (Wildman–Crippen LogP) is 1.67. The van der Waals surface area contributed by atoms with Gasteiger partial charge in [0.15, 0.2) is 0 Å². The van der Waals surface area contributed by atoms with Gasteiger partial charge in [-0.1, -0.05) is 24.1 Å². The van der Waals surface area contributed by atoms with Gasteiger partial charge in [0.2, 0.25) is 10.0 Å². The van der Waals surface area contributed by atoms with Crippen molar-refractivity contribution in [2.75, 3.05) is 32.5 Å². The van der Waals surface area contributed by atoms with Crippen LogP contribution in [-0.4, -0.2) is 72.3 Å². The van der Waals surface area contributed by atoms with Crippen LogP contribution in [-0.2, 0) is 10.0 Å². The molecule has 4 rings (SSSR count). The molecule has 7 heteroatoms. The zero-order chi connectivity index (χ0) is 21.1. The van der Waals surface area contributed by atoms with E-state index in [1.165, 1.54) is 6.26 Å². The SMILES string of the molecule is CS(=O)(=O)N1CCCCN2[C@H](CO)[C@@H](c3ccc(C#Cc4ccccn4)cc3)[C@@H]2C1. The summed E-state index contributed by atoms with van der Waals surface area (Å²) < 4.78 is 26.0. The molecule has 0 bridgehead atoms. The van der Waals surface area contributed by atoms with Gasteiger partial charge in [0.1, 0.15) is 5.69 Å². The van der Waals surface area contributed by atoms with Crippen LogP contribution >= 0.6 is 0 Å². The first-order chi connectivity index (χ1) is 14.5. The number of hydrogen-bond donors (Lipinski definition) is 1. The fraction of sp³-hybridized carbons (Fsp3) is 0.435. The zero-order valence-corrected chi connectivity index (χ0v) is 17.9. The molecule has 0 spiro atoms. The highest BCUT2D eigenvalue weighted by Crippen LogP contribution is 2.42. The third-order valence-corrected chi connectivity index (χ3v) is 7.37. The lowest BCUT2D eigenvalue weighted by atomic mass is 9.74. The van der Waals surface area contributed by atoms with Crippen molar-refractivity contribution in [3.8, 4) is 11.8 Å². The molecule has 30 heavy (non-hydrogen) atoms. The van der Waals surface area contributed by atoms with Crippen molar-refractivity contribution < 1.29 is 13.5 Å². The number of hydrogen-bond acceptors (Lipinski definition) is 5. The summed E-state index contributed by atoms with van der Waals surface area (Å²) in [4.78, 5) is 6.49. The van der Waals surface area contributed by atoms with E-state index in [1.807, 2.05) is 30.3 Å². The molecule has 2 aliphatic heterocycles. The number of aliphatic hydroxyl groups is 1. The third kappa shape index (κ3) is 4.42. The summed E-state index contributed by atoms with van der Waals surface area (Å²) >= 11 is 0. The topological polar surface area (TPSA) is 73.7 Å². The number of aliphatic hydroxyl groups excluding tert-OH is 1. The van der Waals surface area contributed by atoms with Crippen molar-refractivity contribution >= 4 is 10.0 Å². The van der Waals surface area contributed by atoms with Gasteiger partial charge in [-0.15, -0.1) is 0 Å². The lowest BCUT2D eigenvalue weighted by molar-refractivity contribution is -0.0553. The summed E-state index contributed by atoms with van der Waals surface area (Å²) in [6.07, 6.45) is 4.79. The van der Waals surface area contributed by atoms with Crippen LogP contribution in [0.2, 0.25) is 0 Å². The molecule has 0 unspecified atom stereocenters. The van der Waals surface area contributed by atoms with Gasteiger partial charge in [-0.25, -0.2) is 17.7 Å². The first-order valence-corrected chi connectivity index (χ1v) is 12.2. The number of benzene rings is 1. The Morgan fingerprint density at radius 3 is 2.53 bits per heavy atom. The molecule has 2 aliphatic rings. The first kappa shape index (κ1) is 21.0. The molecule has 0 amide bonds. The van der Waals surface area contributed by atoms with Gasteiger partial charge in [-0.2, -0.15) is 0 Å². The Hall–Kier alpha value is -2.24. The Morgan fingerprint density at radius 2 is 1.87 bits per heavy atom. The monoisotopic (exact) mass is 425 g/mol. The maximum Gasteiger partial charge on any atom is 0.211 e. The number of pyridine rings is 1. The second kappa shape index (κ2) is 8.86. The normalized spacial score (nSPS) is 25.2. The van der Waals surface area contributed by atoms with Crippen LogP contribution in [0.1, 0.15) is 35.6 Å². The molecular formula is C23H27N3O3S. The van der Waals surface area contributed by atoms with Crippen LogP contribution < -0.4 is 0 Å². The molecule has 1 aromatic carbocycles. The molecule has 2 fully saturated rings. The molecule has 3 atom stereocenters. The van der Waals surface area contributed by atoms with Crippen molar-refractivity contribution in [1.82, 2.24) is 14.2 Å². The average molecular weight is 426 g/mol. The minimum Gasteiger partial charge on any atom is -0.395 e. The third-order valence-electron chi connectivity index (χ3n) is 6.10. The first-order valence-electron chi connectivity index (χ1n) is 10.3. The number of sulfonamides is 1. The molecule has 1 aromatic heterocycles. The Morgan fingerprint density at radius 1 is 1.10 bits per heavy atom. The Bertz CT molecular complexity index is 1030. The molecule has 6 nitrogen and oxygen atoms in total. The number of aromatic nitrogens is 1. The Balaban J connectivity index is 1.55. The minimum absolute atomic E-state index is 0.0277. The molecule has 3 heterocycles. The van der Waals surface area contributed by atoms with Crippen molar-refractivity contribution in [1.29, 1.82) is 0 Å². The quantitative estimate of drug-likeness (QED) is 0.758. The van der Waals surface area contributed by atoms with Gasteiger partial charge < -0.3 is 5.11 Å². The van der Waals surface area contributed by atoms with E-state index in [9.17, 15) is 13.5 Å². The molecule has 2 saturated heterocycles. The van der Waals surface area contributed by atoms with E-state index in [-0.39, 0.29) is 24.6 Å². The number of nitrogens with zero attached hydrogens (tertiary/aromatic N) is 3. The van der Waals surface area contributed by atoms with Gasteiger partial charge in [0.05, 0.1) is 12.9 Å². The Kier molecular flexibility index (Phi) is 6.21. The van der Waals surface area contributed by atoms with E-state index in [4.69, 9.17) is 0 Å². The second-order valence-electron chi connectivity index (χ2n) is 8.00. The van der Waals surface area contributed by atoms with Gasteiger partial charge in [0.25, 0.3) is 0 Å². The summed E-state index contributed by atoms with van der Waals surface area (Å²) in [7, 11) is -3.24. The zero-order valence-electron chi connectivity index (χ0n) is 17.1. The summed E-state index contributed by atoms with van der Waals surface area (Å²) in [6, 6.07) is 13.8. The molecule has 1 N–H and O–H groups in total. The summed E-state index contributed by atoms with van der Waals surface area (Å²) in [5.74, 6) is 6.29. The lowest BCUT2D eigenvalue weighted by Gasteiger charge is -2.57. The van der Waals surface area contributed by atoms with Gasteiger partial charge in [0, 0.05) is 42.9 Å². The maximum absolute atomic E-state index is 12.2. The standard InChI is InChI=1S/C23H27N3O3S/c1-30(28,29)25-14-4-5-15-26-21(16-25)23(22(26)17-27)19-10-7-18(8-11-19)9-12-20-6-2-3-13-24-20/h2-3,6-8,10-11,13,21-23,27H,4-5,14-17H2,1H3/t21-,22+,23-/m0/s1. The van der Waals surface area contributed by atoms with Crippen LogP contribution in [0, 0.1) is 11.8 Å². The van der Waals surface area contributed by atoms with Crippen molar-refractivity contribution in [3.63, 3.8) is 0 Å². The Labute approximate surface area is 178 Å². The van der Waals surface area contributed by atoms with Gasteiger partial charge >= 0.3 is 0 Å². The number of fused-ring (bicyclic) bond motifs is 1. The maximum atomic E-state index is 12.2. The van der Waals surface area contributed by atoms with Gasteiger partial charge in [-0.05, 0) is 55.1 Å². The van der Waals surface area contributed by atoms with E-state index >= 15 is 0 Å². The molecular weight excluding hydrogens is 398 g/mol. The summed E-state index contributed by atoms with van der Waals surface area (Å²) in [5.41, 5.74) is 2.75. The summed E-state index contributed by atoms with van der Waals surface area (Å²) in [6.45, 7) is 2.02. The fourth-order valence-electron chi connectivity index (χ4n) is 4.57. The highest BCUT2D eigenvalue weighted by atomic mass is 32.2. The minimum atomic E-state index is -3.24. The highest BCUT2D eigenvalue weighted by molar-refractivity contribution is 7.88. The van der Waals surface area contributed by atoms with Crippen LogP contribution in [0.15, 0.2) is 48.7 Å². The van der Waals surface area contributed by atoms with Crippen molar-refractivity contribution in [3.05, 3.63) is 65.5 Å². The molecule has 0 aliphatic carbocycles. The molecule has 0 radical (unpaired) electrons. The number of rotatable bonds is 3. The van der Waals surface area contributed by atoms with E-state index < -0.39 is 10.0 Å². The van der Waals surface area contributed by atoms with Crippen LogP contribution in [0.25, 0.3) is 0 Å².